The minimum Gasteiger partial charge on any atom is -0.497 e. The van der Waals surface area contributed by atoms with Crippen LogP contribution >= 0.6 is 23.4 Å². The zero-order valence-corrected chi connectivity index (χ0v) is 17.0. The number of anilines is 1. The summed E-state index contributed by atoms with van der Waals surface area (Å²) in [6, 6.07) is 13.8. The summed E-state index contributed by atoms with van der Waals surface area (Å²) in [6.07, 6.45) is 0. The molecule has 0 aliphatic rings. The van der Waals surface area contributed by atoms with Crippen LogP contribution in [0.25, 0.3) is 0 Å². The molecule has 3 N–H and O–H groups in total. The molecule has 1 heterocycles. The van der Waals surface area contributed by atoms with Gasteiger partial charge in [0.05, 0.1) is 30.1 Å². The molecule has 3 rings (SSSR count). The summed E-state index contributed by atoms with van der Waals surface area (Å²) in [4.78, 5) is 28.5. The highest BCUT2D eigenvalue weighted by Crippen LogP contribution is 2.21. The van der Waals surface area contributed by atoms with Gasteiger partial charge in [-0.05, 0) is 36.4 Å². The van der Waals surface area contributed by atoms with Crippen molar-refractivity contribution in [2.24, 2.45) is 0 Å². The van der Waals surface area contributed by atoms with Crippen molar-refractivity contribution >= 4 is 40.9 Å². The van der Waals surface area contributed by atoms with Crippen molar-refractivity contribution in [3.05, 3.63) is 64.9 Å². The first-order valence-corrected chi connectivity index (χ1v) is 9.92. The maximum absolute atomic E-state index is 12.2. The van der Waals surface area contributed by atoms with E-state index < -0.39 is 0 Å². The van der Waals surface area contributed by atoms with Crippen LogP contribution < -0.4 is 15.4 Å². The molecule has 0 fully saturated rings. The Hall–Kier alpha value is -3.04. The predicted octanol–water partition coefficient (Wildman–Crippen LogP) is 3.13. The van der Waals surface area contributed by atoms with Crippen molar-refractivity contribution in [2.75, 3.05) is 18.2 Å². The third kappa shape index (κ3) is 5.97. The molecule has 0 aliphatic heterocycles. The summed E-state index contributed by atoms with van der Waals surface area (Å²) in [5.41, 5.74) is 1.06. The lowest BCUT2D eigenvalue weighted by Gasteiger charge is -2.05. The maximum Gasteiger partial charge on any atom is 0.251 e. The number of rotatable bonds is 8. The lowest BCUT2D eigenvalue weighted by Crippen LogP contribution is -2.23. The molecule has 0 spiro atoms. The van der Waals surface area contributed by atoms with Crippen LogP contribution in [0, 0.1) is 0 Å². The fraction of sp³-hybridized carbons (Fsp3) is 0.158. The van der Waals surface area contributed by atoms with Crippen LogP contribution in [0.15, 0.2) is 53.7 Å². The van der Waals surface area contributed by atoms with E-state index in [0.29, 0.717) is 33.0 Å². The van der Waals surface area contributed by atoms with E-state index >= 15 is 0 Å². The summed E-state index contributed by atoms with van der Waals surface area (Å²) in [6.45, 7) is 0.185. The van der Waals surface area contributed by atoms with E-state index in [1.54, 1.807) is 55.6 Å². The van der Waals surface area contributed by atoms with E-state index in [2.05, 4.69) is 25.8 Å². The van der Waals surface area contributed by atoms with E-state index in [9.17, 15) is 9.59 Å². The van der Waals surface area contributed by atoms with Crippen LogP contribution in [-0.4, -0.2) is 39.9 Å². The number of benzene rings is 2. The number of hydrogen-bond donors (Lipinski definition) is 3. The number of thioether (sulfide) groups is 1. The molecule has 1 aromatic heterocycles. The SMILES string of the molecule is COc1ccc(C(=O)NCc2nc(SCC(=O)Nc3ccccc3Cl)n[nH]2)cc1. The Kier molecular flexibility index (Phi) is 7.09. The molecule has 0 aliphatic carbocycles. The van der Waals surface area contributed by atoms with Crippen molar-refractivity contribution in [3.63, 3.8) is 0 Å². The standard InChI is InChI=1S/C19H18ClN5O3S/c1-28-13-8-6-12(7-9-13)18(27)21-10-16-23-19(25-24-16)29-11-17(26)22-15-5-3-2-4-14(15)20/h2-9H,10-11H2,1H3,(H,21,27)(H,22,26)(H,23,24,25). The predicted molar refractivity (Wildman–Crippen MR) is 111 cm³/mol. The molecule has 0 unspecified atom stereocenters. The minimum atomic E-state index is -0.239. The van der Waals surface area contributed by atoms with Gasteiger partial charge in [-0.3, -0.25) is 14.7 Å². The number of carbonyl (C=O) groups excluding carboxylic acids is 2. The second kappa shape index (κ2) is 9.94. The highest BCUT2D eigenvalue weighted by Gasteiger charge is 2.11. The Balaban J connectivity index is 1.46. The van der Waals surface area contributed by atoms with Crippen LogP contribution in [-0.2, 0) is 11.3 Å². The molecule has 8 nitrogen and oxygen atoms in total. The van der Waals surface area contributed by atoms with Gasteiger partial charge in [0.15, 0.2) is 0 Å². The average molecular weight is 432 g/mol. The lowest BCUT2D eigenvalue weighted by atomic mass is 10.2. The van der Waals surface area contributed by atoms with Gasteiger partial charge >= 0.3 is 0 Å². The number of methoxy groups -OCH3 is 1. The molecule has 0 bridgehead atoms. The molecular formula is C19H18ClN5O3S. The summed E-state index contributed by atoms with van der Waals surface area (Å²) in [5, 5.41) is 13.1. The van der Waals surface area contributed by atoms with E-state index in [1.807, 2.05) is 0 Å². The fourth-order valence-corrected chi connectivity index (χ4v) is 3.11. The highest BCUT2D eigenvalue weighted by molar-refractivity contribution is 7.99. The zero-order chi connectivity index (χ0) is 20.6. The number of carbonyl (C=O) groups is 2. The van der Waals surface area contributed by atoms with Gasteiger partial charge in [0.1, 0.15) is 11.6 Å². The molecule has 0 atom stereocenters. The molecule has 2 amide bonds. The number of aromatic nitrogens is 3. The topological polar surface area (TPSA) is 109 Å². The third-order valence-electron chi connectivity index (χ3n) is 3.76. The number of ether oxygens (including phenoxy) is 1. The molecule has 0 saturated heterocycles. The Morgan fingerprint density at radius 3 is 2.66 bits per heavy atom. The monoisotopic (exact) mass is 431 g/mol. The number of aromatic amines is 1. The van der Waals surface area contributed by atoms with Gasteiger partial charge in [-0.15, -0.1) is 5.10 Å². The Morgan fingerprint density at radius 2 is 1.93 bits per heavy atom. The third-order valence-corrected chi connectivity index (χ3v) is 4.94. The molecule has 150 valence electrons. The first-order chi connectivity index (χ1) is 14.0. The van der Waals surface area contributed by atoms with E-state index in [1.165, 1.54) is 11.8 Å². The maximum atomic E-state index is 12.2. The van der Waals surface area contributed by atoms with Crippen LogP contribution in [0.2, 0.25) is 5.02 Å². The van der Waals surface area contributed by atoms with Gasteiger partial charge < -0.3 is 15.4 Å². The van der Waals surface area contributed by atoms with E-state index in [0.717, 1.165) is 0 Å². The largest absolute Gasteiger partial charge is 0.497 e. The van der Waals surface area contributed by atoms with Gasteiger partial charge in [-0.2, -0.15) is 0 Å². The molecule has 0 saturated carbocycles. The number of para-hydroxylation sites is 1. The lowest BCUT2D eigenvalue weighted by molar-refractivity contribution is -0.113. The molecule has 0 radical (unpaired) electrons. The van der Waals surface area contributed by atoms with Gasteiger partial charge in [0.25, 0.3) is 5.91 Å². The number of amides is 2. The summed E-state index contributed by atoms with van der Waals surface area (Å²) in [7, 11) is 1.56. The fourth-order valence-electron chi connectivity index (χ4n) is 2.31. The Labute approximate surface area is 176 Å². The van der Waals surface area contributed by atoms with Crippen molar-refractivity contribution in [2.45, 2.75) is 11.7 Å². The first kappa shape index (κ1) is 20.7. The summed E-state index contributed by atoms with van der Waals surface area (Å²) >= 11 is 7.19. The second-order valence-corrected chi connectivity index (χ2v) is 7.14. The van der Waals surface area contributed by atoms with Gasteiger partial charge in [0, 0.05) is 5.56 Å². The summed E-state index contributed by atoms with van der Waals surface area (Å²) in [5.74, 6) is 0.832. The number of nitrogens with zero attached hydrogens (tertiary/aromatic N) is 2. The van der Waals surface area contributed by atoms with Crippen LogP contribution in [0.1, 0.15) is 16.2 Å². The van der Waals surface area contributed by atoms with Crippen LogP contribution in [0.4, 0.5) is 5.69 Å². The van der Waals surface area contributed by atoms with Crippen molar-refractivity contribution in [1.29, 1.82) is 0 Å². The Morgan fingerprint density at radius 1 is 1.17 bits per heavy atom. The van der Waals surface area contributed by atoms with Gasteiger partial charge in [-0.25, -0.2) is 4.98 Å². The smallest absolute Gasteiger partial charge is 0.251 e. The quantitative estimate of drug-likeness (QED) is 0.473. The van der Waals surface area contributed by atoms with E-state index in [-0.39, 0.29) is 24.1 Å². The first-order valence-electron chi connectivity index (χ1n) is 8.56. The number of hydrogen-bond acceptors (Lipinski definition) is 6. The van der Waals surface area contributed by atoms with Gasteiger partial charge in [-0.1, -0.05) is 35.5 Å². The van der Waals surface area contributed by atoms with Crippen molar-refractivity contribution in [1.82, 2.24) is 20.5 Å². The Bertz CT molecular complexity index is 994. The minimum absolute atomic E-state index is 0.126. The second-order valence-electron chi connectivity index (χ2n) is 5.79. The summed E-state index contributed by atoms with van der Waals surface area (Å²) < 4.78 is 5.07. The molecule has 2 aromatic carbocycles. The van der Waals surface area contributed by atoms with Crippen molar-refractivity contribution in [3.8, 4) is 5.75 Å². The number of H-pyrrole nitrogens is 1. The average Bonchev–Trinajstić information content (AvgIpc) is 3.20. The number of nitrogens with one attached hydrogen (secondary N) is 3. The van der Waals surface area contributed by atoms with Crippen LogP contribution in [0.5, 0.6) is 5.75 Å². The molecular weight excluding hydrogens is 414 g/mol. The number of halogens is 1. The normalized spacial score (nSPS) is 10.4. The molecule has 10 heteroatoms. The molecule has 3 aromatic rings. The molecule has 29 heavy (non-hydrogen) atoms. The highest BCUT2D eigenvalue weighted by atomic mass is 35.5. The zero-order valence-electron chi connectivity index (χ0n) is 15.4. The van der Waals surface area contributed by atoms with Crippen LogP contribution in [0.3, 0.4) is 0 Å². The van der Waals surface area contributed by atoms with Gasteiger partial charge in [0.2, 0.25) is 11.1 Å². The van der Waals surface area contributed by atoms with Crippen molar-refractivity contribution < 1.29 is 14.3 Å². The van der Waals surface area contributed by atoms with E-state index in [4.69, 9.17) is 16.3 Å².